The zero-order chi connectivity index (χ0) is 63.4. The number of hydrogen-bond donors (Lipinski definition) is 5. The second-order valence-electron chi connectivity index (χ2n) is 20.7. The summed E-state index contributed by atoms with van der Waals surface area (Å²) in [6.07, 6.45) is 51.9. The van der Waals surface area contributed by atoms with Crippen LogP contribution >= 0.6 is 0 Å². The van der Waals surface area contributed by atoms with Crippen LogP contribution < -0.4 is 4.74 Å². The minimum absolute atomic E-state index is 0.0926. The molecule has 0 aliphatic carbocycles. The third-order valence-corrected chi connectivity index (χ3v) is 13.7. The molecule has 0 radical (unpaired) electrons. The number of benzene rings is 2. The molecule has 494 valence electrons. The van der Waals surface area contributed by atoms with Crippen LogP contribution in [-0.2, 0) is 70.4 Å². The first-order valence-corrected chi connectivity index (χ1v) is 38.3. The van der Waals surface area contributed by atoms with Crippen molar-refractivity contribution in [2.45, 2.75) is 271 Å². The van der Waals surface area contributed by atoms with Gasteiger partial charge in [-0.05, 0) is 55.5 Å². The predicted molar refractivity (Wildman–Crippen MR) is 338 cm³/mol. The Morgan fingerprint density at radius 2 is 0.530 bits per heavy atom. The lowest BCUT2D eigenvalue weighted by atomic mass is 10.0. The van der Waals surface area contributed by atoms with Crippen LogP contribution in [0.25, 0.3) is 0 Å². The van der Waals surface area contributed by atoms with E-state index in [1.807, 2.05) is 30.3 Å². The van der Waals surface area contributed by atoms with Crippen molar-refractivity contribution >= 4 is 51.4 Å². The van der Waals surface area contributed by atoms with E-state index in [0.717, 1.165) is 44.3 Å². The third kappa shape index (κ3) is 96.2. The van der Waals surface area contributed by atoms with E-state index in [2.05, 4.69) is 57.6 Å². The fourth-order valence-corrected chi connectivity index (χ4v) is 8.74. The van der Waals surface area contributed by atoms with Crippen LogP contribution in [0.4, 0.5) is 0 Å². The van der Waals surface area contributed by atoms with Crippen molar-refractivity contribution in [2.75, 3.05) is 32.8 Å². The number of ether oxygens (including phenoxy) is 1. The van der Waals surface area contributed by atoms with Gasteiger partial charge in [-0.1, -0.05) is 276 Å². The molecule has 0 amide bonds. The molecule has 0 saturated carbocycles. The Kier molecular flexibility index (Phi) is 62.9. The molecule has 0 spiro atoms. The van der Waals surface area contributed by atoms with E-state index in [1.54, 1.807) is 0 Å². The molecule has 0 aliphatic rings. The molecule has 0 saturated heterocycles. The zero-order valence-electron chi connectivity index (χ0n) is 51.7. The maximum absolute atomic E-state index is 10.3. The van der Waals surface area contributed by atoms with Crippen LogP contribution in [0.1, 0.15) is 270 Å². The summed E-state index contributed by atoms with van der Waals surface area (Å²) < 4.78 is 154. The molecule has 0 atom stereocenters. The van der Waals surface area contributed by atoms with Gasteiger partial charge < -0.3 is 4.74 Å². The summed E-state index contributed by atoms with van der Waals surface area (Å²) in [6.45, 7) is 6.95. The van der Waals surface area contributed by atoms with Crippen molar-refractivity contribution in [2.24, 2.45) is 0 Å². The van der Waals surface area contributed by atoms with Crippen molar-refractivity contribution in [3.8, 4) is 11.5 Å². The van der Waals surface area contributed by atoms with Crippen molar-refractivity contribution in [1.29, 1.82) is 0 Å². The van der Waals surface area contributed by atoms with Gasteiger partial charge in [0.25, 0.3) is 20.2 Å². The highest BCUT2D eigenvalue weighted by Gasteiger charge is 2.05. The minimum Gasteiger partial charge on any atom is -0.457 e. The Labute approximate surface area is 506 Å². The number of para-hydroxylation sites is 1. The SMILES string of the molecule is CCCCCCCCCCCCCCCCOS(=O)(=O)O.CCCCCCCCCCCCCCCCc1ccc(Oc2ccccc2)cc1.CCCCCCCCCCCCOS(=O)(=O)O.COS(=O)(=O)O.CS(=O)(=O)O.CS(=O)(=O)O. The minimum atomic E-state index is -4.24. The highest BCUT2D eigenvalue weighted by atomic mass is 32.3. The molecule has 0 aliphatic heterocycles. The van der Waals surface area contributed by atoms with E-state index < -0.39 is 51.4 Å². The normalized spacial score (nSPS) is 11.5. The van der Waals surface area contributed by atoms with Crippen molar-refractivity contribution in [3.63, 3.8) is 0 Å². The van der Waals surface area contributed by atoms with Gasteiger partial charge in [-0.3, -0.25) is 26.9 Å². The molecular weight excluding hydrogens is 1170 g/mol. The zero-order valence-corrected chi connectivity index (χ0v) is 55.8. The molecule has 2 rings (SSSR count). The first kappa shape index (κ1) is 87.1. The number of hydrogen-bond acceptors (Lipinski definition) is 14. The molecule has 0 fully saturated rings. The maximum Gasteiger partial charge on any atom is 0.397 e. The number of aryl methyl sites for hydroxylation is 1. The van der Waals surface area contributed by atoms with Gasteiger partial charge in [-0.2, -0.15) is 42.1 Å². The van der Waals surface area contributed by atoms with Crippen molar-refractivity contribution < 1.29 is 82.1 Å². The molecule has 5 N–H and O–H groups in total. The van der Waals surface area contributed by atoms with E-state index in [4.69, 9.17) is 27.5 Å². The number of rotatable bonds is 46. The highest BCUT2D eigenvalue weighted by Crippen LogP contribution is 2.22. The van der Waals surface area contributed by atoms with Gasteiger partial charge >= 0.3 is 31.2 Å². The lowest BCUT2D eigenvalue weighted by Crippen LogP contribution is -2.04. The van der Waals surface area contributed by atoms with Gasteiger partial charge in [-0.15, -0.1) is 0 Å². The predicted octanol–water partition coefficient (Wildman–Crippen LogP) is 17.0. The lowest BCUT2D eigenvalue weighted by molar-refractivity contribution is 0.260. The molecule has 2 aromatic rings. The number of unbranched alkanes of at least 4 members (excludes halogenated alkanes) is 35. The second kappa shape index (κ2) is 60.0. The molecule has 0 unspecified atom stereocenters. The summed E-state index contributed by atoms with van der Waals surface area (Å²) >= 11 is 0. The smallest absolute Gasteiger partial charge is 0.397 e. The molecule has 83 heavy (non-hydrogen) atoms. The lowest BCUT2D eigenvalue weighted by Gasteiger charge is -2.07. The van der Waals surface area contributed by atoms with E-state index >= 15 is 0 Å². The van der Waals surface area contributed by atoms with Gasteiger partial charge in [0, 0.05) is 0 Å². The molecule has 19 nitrogen and oxygen atoms in total. The third-order valence-electron chi connectivity index (χ3n) is 12.4. The summed E-state index contributed by atoms with van der Waals surface area (Å²) in [7, 11) is -19.1. The van der Waals surface area contributed by atoms with Crippen LogP contribution in [0.5, 0.6) is 11.5 Å². The summed E-state index contributed by atoms with van der Waals surface area (Å²) in [6, 6.07) is 18.6. The molecule has 0 aromatic heterocycles. The van der Waals surface area contributed by atoms with E-state index in [1.165, 1.54) is 217 Å². The molecule has 0 bridgehead atoms. The van der Waals surface area contributed by atoms with Crippen LogP contribution in [0.15, 0.2) is 54.6 Å². The topological polar surface area (TPSA) is 309 Å². The van der Waals surface area contributed by atoms with Crippen molar-refractivity contribution in [3.05, 3.63) is 60.2 Å². The van der Waals surface area contributed by atoms with Gasteiger partial charge in [0.05, 0.1) is 32.8 Å². The Morgan fingerprint density at radius 1 is 0.313 bits per heavy atom. The molecule has 2 aromatic carbocycles. The Balaban J connectivity index is -0.000000509. The Morgan fingerprint density at radius 3 is 0.759 bits per heavy atom. The standard InChI is InChI=1S/C28H42O.C16H34O4S.C12H26O4S.CH4O4S.2CH4O3S/c1-2-3-4-5-6-7-8-9-10-11-12-13-14-16-19-26-22-24-28(25-23-26)29-27-20-17-15-18-21-27;1-2-3-4-5-6-7-8-9-10-11-12-13-14-15-16-20-21(17,18)19;1-2-3-4-5-6-7-8-9-10-11-12-16-17(13,14)15;1-5-6(2,3)4;2*1-5(2,3)4/h15,17-18,20-25H,2-14,16,19H2,1H3;2-16H2,1H3,(H,17,18,19);2-12H2,1H3,(H,13,14,15);1H3,(H,2,3,4);2*1H3,(H,2,3,4). The van der Waals surface area contributed by atoms with Gasteiger partial charge in [0.1, 0.15) is 11.5 Å². The molecule has 0 heterocycles. The van der Waals surface area contributed by atoms with E-state index in [9.17, 15) is 42.1 Å². The van der Waals surface area contributed by atoms with Gasteiger partial charge in [0.2, 0.25) is 0 Å². The van der Waals surface area contributed by atoms with E-state index in [0.29, 0.717) is 25.4 Å². The van der Waals surface area contributed by atoms with Crippen molar-refractivity contribution in [1.82, 2.24) is 0 Å². The van der Waals surface area contributed by atoms with Crippen LogP contribution in [0.3, 0.4) is 0 Å². The highest BCUT2D eigenvalue weighted by molar-refractivity contribution is 7.85. The van der Waals surface area contributed by atoms with E-state index in [-0.39, 0.29) is 13.2 Å². The second-order valence-corrected chi connectivity index (χ2v) is 27.0. The fourth-order valence-electron chi connectivity index (χ4n) is 8.09. The first-order valence-electron chi connectivity index (χ1n) is 30.5. The largest absolute Gasteiger partial charge is 0.457 e. The molecule has 24 heteroatoms. The summed E-state index contributed by atoms with van der Waals surface area (Å²) in [5, 5.41) is 0. The van der Waals surface area contributed by atoms with Crippen LogP contribution in [0.2, 0.25) is 0 Å². The Bertz CT molecular complexity index is 2200. The average molecular weight is 1290 g/mol. The van der Waals surface area contributed by atoms with Crippen LogP contribution in [-0.4, -0.2) is 97.7 Å². The summed E-state index contributed by atoms with van der Waals surface area (Å²) in [4.78, 5) is 0. The molecular formula is C59H114O19S5. The van der Waals surface area contributed by atoms with Gasteiger partial charge in [0.15, 0.2) is 0 Å². The van der Waals surface area contributed by atoms with Gasteiger partial charge in [-0.25, -0.2) is 8.37 Å². The quantitative estimate of drug-likeness (QED) is 0.0304. The first-order chi connectivity index (χ1) is 39.1. The monoisotopic (exact) mass is 1290 g/mol. The summed E-state index contributed by atoms with van der Waals surface area (Å²) in [5.41, 5.74) is 1.42. The maximum atomic E-state index is 10.3. The fraction of sp³-hybridized carbons (Fsp3) is 0.797. The average Bonchev–Trinajstić information content (AvgIpc) is 3.39. The van der Waals surface area contributed by atoms with Crippen LogP contribution in [0, 0.1) is 0 Å². The summed E-state index contributed by atoms with van der Waals surface area (Å²) in [5.74, 6) is 1.81. The Hall–Kier alpha value is -2.33.